The summed E-state index contributed by atoms with van der Waals surface area (Å²) in [6, 6.07) is -0.370. The zero-order valence-electron chi connectivity index (χ0n) is 9.69. The van der Waals surface area contributed by atoms with Gasteiger partial charge in [-0.05, 0) is 19.3 Å². The van der Waals surface area contributed by atoms with Crippen molar-refractivity contribution in [2.24, 2.45) is 0 Å². The molecule has 2 fully saturated rings. The fourth-order valence-electron chi connectivity index (χ4n) is 2.58. The van der Waals surface area contributed by atoms with E-state index in [0.29, 0.717) is 32.4 Å². The Bertz CT molecular complexity index is 325. The van der Waals surface area contributed by atoms with Crippen molar-refractivity contribution in [3.8, 4) is 0 Å². The lowest BCUT2D eigenvalue weighted by atomic mass is 9.98. The Hall–Kier alpha value is -1.30. The quantitative estimate of drug-likeness (QED) is 0.643. The van der Waals surface area contributed by atoms with Crippen LogP contribution in [-0.2, 0) is 4.79 Å². The molecular formula is C11H18N2O4. The lowest BCUT2D eigenvalue weighted by Crippen LogP contribution is -2.56. The molecule has 1 aliphatic carbocycles. The molecule has 96 valence electrons. The maximum absolute atomic E-state index is 11.9. The first kappa shape index (κ1) is 12.2. The van der Waals surface area contributed by atoms with Gasteiger partial charge in [0.15, 0.2) is 0 Å². The van der Waals surface area contributed by atoms with Crippen LogP contribution in [0.2, 0.25) is 0 Å². The molecule has 0 radical (unpaired) electrons. The van der Waals surface area contributed by atoms with E-state index in [4.69, 9.17) is 0 Å². The Balaban J connectivity index is 1.99. The van der Waals surface area contributed by atoms with Gasteiger partial charge in [-0.2, -0.15) is 0 Å². The Labute approximate surface area is 99.6 Å². The average Bonchev–Trinajstić information content (AvgIpc) is 2.87. The van der Waals surface area contributed by atoms with E-state index in [1.807, 2.05) is 0 Å². The van der Waals surface area contributed by atoms with Crippen LogP contribution in [0.15, 0.2) is 0 Å². The lowest BCUT2D eigenvalue weighted by molar-refractivity contribution is -0.144. The van der Waals surface area contributed by atoms with E-state index in [-0.39, 0.29) is 6.03 Å². The van der Waals surface area contributed by atoms with E-state index in [1.54, 1.807) is 0 Å². The molecule has 2 aliphatic rings. The van der Waals surface area contributed by atoms with Crippen molar-refractivity contribution < 1.29 is 19.8 Å². The first-order valence-electron chi connectivity index (χ1n) is 6.02. The van der Waals surface area contributed by atoms with E-state index >= 15 is 0 Å². The summed E-state index contributed by atoms with van der Waals surface area (Å²) in [6.45, 7) is 0.782. The summed E-state index contributed by atoms with van der Waals surface area (Å²) in [4.78, 5) is 24.6. The highest BCUT2D eigenvalue weighted by atomic mass is 16.4. The number of carboxylic acids is 1. The minimum atomic E-state index is -1.09. The second-order valence-corrected chi connectivity index (χ2v) is 4.91. The fraction of sp³-hybridized carbons (Fsp3) is 0.818. The van der Waals surface area contributed by atoms with E-state index in [2.05, 4.69) is 5.32 Å². The molecule has 6 heteroatoms. The topological polar surface area (TPSA) is 89.9 Å². The van der Waals surface area contributed by atoms with Gasteiger partial charge in [0.2, 0.25) is 0 Å². The maximum atomic E-state index is 11.9. The summed E-state index contributed by atoms with van der Waals surface area (Å²) in [5.74, 6) is -0.955. The molecule has 0 spiro atoms. The second kappa shape index (κ2) is 4.52. The van der Waals surface area contributed by atoms with E-state index in [9.17, 15) is 19.8 Å². The molecular weight excluding hydrogens is 224 g/mol. The number of carbonyl (C=O) groups is 2. The second-order valence-electron chi connectivity index (χ2n) is 4.91. The van der Waals surface area contributed by atoms with Crippen LogP contribution in [0.3, 0.4) is 0 Å². The van der Waals surface area contributed by atoms with Crippen LogP contribution in [0.25, 0.3) is 0 Å². The van der Waals surface area contributed by atoms with Crippen molar-refractivity contribution in [3.63, 3.8) is 0 Å². The van der Waals surface area contributed by atoms with Crippen LogP contribution in [0.4, 0.5) is 4.79 Å². The minimum absolute atomic E-state index is 0.293. The molecule has 2 rings (SSSR count). The predicted octanol–water partition coefficient (Wildman–Crippen LogP) is 0.160. The van der Waals surface area contributed by atoms with Gasteiger partial charge < -0.3 is 20.4 Å². The molecule has 0 bridgehead atoms. The SMILES string of the molecule is O=C(NC1(C(=O)O)CCCC1)N1CCC(O)C1. The monoisotopic (exact) mass is 242 g/mol. The van der Waals surface area contributed by atoms with Crippen LogP contribution < -0.4 is 5.32 Å². The molecule has 17 heavy (non-hydrogen) atoms. The molecule has 0 aromatic rings. The van der Waals surface area contributed by atoms with Crippen molar-refractivity contribution in [2.45, 2.75) is 43.7 Å². The molecule has 1 aliphatic heterocycles. The number of amides is 2. The Morgan fingerprint density at radius 3 is 2.41 bits per heavy atom. The number of rotatable bonds is 2. The summed E-state index contributed by atoms with van der Waals surface area (Å²) in [5.41, 5.74) is -1.09. The molecule has 1 unspecified atom stereocenters. The molecule has 1 atom stereocenters. The first-order chi connectivity index (χ1) is 8.03. The summed E-state index contributed by atoms with van der Waals surface area (Å²) >= 11 is 0. The van der Waals surface area contributed by atoms with Crippen molar-refractivity contribution >= 4 is 12.0 Å². The number of carboxylic acid groups (broad SMARTS) is 1. The third kappa shape index (κ3) is 2.36. The Morgan fingerprint density at radius 2 is 1.94 bits per heavy atom. The highest BCUT2D eigenvalue weighted by Crippen LogP contribution is 2.30. The number of β-amino-alcohol motifs (C(OH)–C–C–N with tert-alkyl or cyclic N) is 1. The standard InChI is InChI=1S/C11H18N2O4/c14-8-3-6-13(7-8)10(17)12-11(9(15)16)4-1-2-5-11/h8,14H,1-7H2,(H,12,17)(H,15,16). The number of aliphatic hydroxyl groups is 1. The van der Waals surface area contributed by atoms with Gasteiger partial charge in [-0.25, -0.2) is 9.59 Å². The number of urea groups is 1. The normalized spacial score (nSPS) is 27.1. The third-order valence-corrected chi connectivity index (χ3v) is 3.66. The highest BCUT2D eigenvalue weighted by Gasteiger charge is 2.43. The number of nitrogens with one attached hydrogen (secondary N) is 1. The fourth-order valence-corrected chi connectivity index (χ4v) is 2.58. The Morgan fingerprint density at radius 1 is 1.29 bits per heavy atom. The molecule has 2 amide bonds. The van der Waals surface area contributed by atoms with Crippen molar-refractivity contribution in [3.05, 3.63) is 0 Å². The number of hydrogen-bond acceptors (Lipinski definition) is 3. The van der Waals surface area contributed by atoms with E-state index < -0.39 is 17.6 Å². The summed E-state index contributed by atoms with van der Waals surface area (Å²) in [7, 11) is 0. The van der Waals surface area contributed by atoms with Crippen molar-refractivity contribution in [1.29, 1.82) is 0 Å². The van der Waals surface area contributed by atoms with Crippen LogP contribution in [0.1, 0.15) is 32.1 Å². The van der Waals surface area contributed by atoms with E-state index in [1.165, 1.54) is 4.90 Å². The predicted molar refractivity (Wildman–Crippen MR) is 59.6 cm³/mol. The summed E-state index contributed by atoms with van der Waals surface area (Å²) < 4.78 is 0. The van der Waals surface area contributed by atoms with Gasteiger partial charge in [0.1, 0.15) is 5.54 Å². The Kier molecular flexibility index (Phi) is 3.24. The van der Waals surface area contributed by atoms with Gasteiger partial charge in [0.25, 0.3) is 0 Å². The van der Waals surface area contributed by atoms with Crippen molar-refractivity contribution in [2.75, 3.05) is 13.1 Å². The summed E-state index contributed by atoms with van der Waals surface area (Å²) in [5, 5.41) is 21.2. The summed E-state index contributed by atoms with van der Waals surface area (Å²) in [6.07, 6.45) is 2.72. The molecule has 0 aromatic carbocycles. The van der Waals surface area contributed by atoms with Crippen LogP contribution in [-0.4, -0.2) is 51.8 Å². The van der Waals surface area contributed by atoms with Crippen LogP contribution in [0.5, 0.6) is 0 Å². The molecule has 1 heterocycles. The smallest absolute Gasteiger partial charge is 0.329 e. The molecule has 1 saturated carbocycles. The minimum Gasteiger partial charge on any atom is -0.480 e. The number of likely N-dealkylation sites (tertiary alicyclic amines) is 1. The third-order valence-electron chi connectivity index (χ3n) is 3.66. The van der Waals surface area contributed by atoms with Crippen molar-refractivity contribution in [1.82, 2.24) is 10.2 Å². The number of aliphatic hydroxyl groups excluding tert-OH is 1. The van der Waals surface area contributed by atoms with Crippen LogP contribution >= 0.6 is 0 Å². The molecule has 1 saturated heterocycles. The number of aliphatic carboxylic acids is 1. The number of nitrogens with zero attached hydrogens (tertiary/aromatic N) is 1. The van der Waals surface area contributed by atoms with Gasteiger partial charge in [-0.3, -0.25) is 0 Å². The lowest BCUT2D eigenvalue weighted by Gasteiger charge is -2.28. The first-order valence-corrected chi connectivity index (χ1v) is 6.02. The average molecular weight is 242 g/mol. The highest BCUT2D eigenvalue weighted by molar-refractivity contribution is 5.86. The number of carbonyl (C=O) groups excluding carboxylic acids is 1. The van der Waals surface area contributed by atoms with Crippen LogP contribution in [0, 0.1) is 0 Å². The largest absolute Gasteiger partial charge is 0.480 e. The van der Waals surface area contributed by atoms with Gasteiger partial charge >= 0.3 is 12.0 Å². The van der Waals surface area contributed by atoms with Gasteiger partial charge in [0, 0.05) is 13.1 Å². The van der Waals surface area contributed by atoms with Gasteiger partial charge in [-0.15, -0.1) is 0 Å². The maximum Gasteiger partial charge on any atom is 0.329 e. The number of hydrogen-bond donors (Lipinski definition) is 3. The molecule has 6 nitrogen and oxygen atoms in total. The molecule has 0 aromatic heterocycles. The zero-order chi connectivity index (χ0) is 12.5. The zero-order valence-corrected chi connectivity index (χ0v) is 9.69. The van der Waals surface area contributed by atoms with Gasteiger partial charge in [-0.1, -0.05) is 12.8 Å². The van der Waals surface area contributed by atoms with E-state index in [0.717, 1.165) is 12.8 Å². The molecule has 3 N–H and O–H groups in total. The van der Waals surface area contributed by atoms with Gasteiger partial charge in [0.05, 0.1) is 6.10 Å².